The lowest BCUT2D eigenvalue weighted by atomic mass is 9.98. The van der Waals surface area contributed by atoms with Crippen molar-refractivity contribution in [3.63, 3.8) is 0 Å². The highest BCUT2D eigenvalue weighted by Gasteiger charge is 2.36. The Labute approximate surface area is 151 Å². The Balaban J connectivity index is 1.70. The van der Waals surface area contributed by atoms with Crippen LogP contribution in [-0.2, 0) is 9.59 Å². The van der Waals surface area contributed by atoms with E-state index in [1.54, 1.807) is 11.1 Å². The van der Waals surface area contributed by atoms with Crippen LogP contribution in [0.2, 0.25) is 0 Å². The van der Waals surface area contributed by atoms with Crippen molar-refractivity contribution in [2.75, 3.05) is 11.9 Å². The fourth-order valence-corrected chi connectivity index (χ4v) is 3.26. The van der Waals surface area contributed by atoms with Crippen LogP contribution in [0.15, 0.2) is 60.8 Å². The van der Waals surface area contributed by atoms with E-state index in [1.165, 1.54) is 0 Å². The summed E-state index contributed by atoms with van der Waals surface area (Å²) in [4.78, 5) is 31.1. The third-order valence-electron chi connectivity index (χ3n) is 4.79. The highest BCUT2D eigenvalue weighted by atomic mass is 16.2. The van der Waals surface area contributed by atoms with Crippen molar-refractivity contribution in [2.24, 2.45) is 0 Å². The van der Waals surface area contributed by atoms with Crippen molar-refractivity contribution in [2.45, 2.75) is 19.4 Å². The molecular weight excluding hydrogens is 326 g/mol. The molecule has 130 valence electrons. The highest BCUT2D eigenvalue weighted by molar-refractivity contribution is 6.00. The first-order valence-electron chi connectivity index (χ1n) is 8.64. The number of amides is 2. The maximum Gasteiger partial charge on any atom is 0.251 e. The van der Waals surface area contributed by atoms with E-state index >= 15 is 0 Å². The highest BCUT2D eigenvalue weighted by Crippen LogP contribution is 2.30. The fraction of sp³-hybridized carbons (Fsp3) is 0.190. The Morgan fingerprint density at radius 3 is 2.73 bits per heavy atom. The molecule has 5 heteroatoms. The number of nitrogens with one attached hydrogen (secondary N) is 1. The fourth-order valence-electron chi connectivity index (χ4n) is 3.26. The molecule has 0 aliphatic carbocycles. The lowest BCUT2D eigenvalue weighted by molar-refractivity contribution is -0.147. The standard InChI is InChI=1S/C21H19N3O2/c1-14-5-2-3-7-17(14)23-21(26)20(24-12-10-19(24)25)16-8-9-18-15(13-16)6-4-11-22-18/h2-9,11,13,20H,10,12H2,1H3,(H,23,26). The average molecular weight is 345 g/mol. The van der Waals surface area contributed by atoms with Gasteiger partial charge in [0.25, 0.3) is 5.91 Å². The molecule has 1 fully saturated rings. The lowest BCUT2D eigenvalue weighted by Gasteiger charge is -2.37. The zero-order valence-corrected chi connectivity index (χ0v) is 14.5. The van der Waals surface area contributed by atoms with Crippen LogP contribution in [0.4, 0.5) is 5.69 Å². The normalized spacial score (nSPS) is 14.8. The van der Waals surface area contributed by atoms with Crippen LogP contribution < -0.4 is 5.32 Å². The van der Waals surface area contributed by atoms with Gasteiger partial charge in [0.1, 0.15) is 6.04 Å². The number of pyridine rings is 1. The maximum absolute atomic E-state index is 13.1. The van der Waals surface area contributed by atoms with Gasteiger partial charge in [-0.1, -0.05) is 30.3 Å². The lowest BCUT2D eigenvalue weighted by Crippen LogP contribution is -2.49. The van der Waals surface area contributed by atoms with Crippen molar-refractivity contribution >= 4 is 28.4 Å². The van der Waals surface area contributed by atoms with Crippen molar-refractivity contribution in [3.8, 4) is 0 Å². The van der Waals surface area contributed by atoms with Crippen LogP contribution in [0.25, 0.3) is 10.9 Å². The first-order chi connectivity index (χ1) is 12.6. The van der Waals surface area contributed by atoms with Gasteiger partial charge in [-0.2, -0.15) is 0 Å². The smallest absolute Gasteiger partial charge is 0.251 e. The molecule has 1 unspecified atom stereocenters. The number of para-hydroxylation sites is 1. The molecule has 0 saturated carbocycles. The van der Waals surface area contributed by atoms with Gasteiger partial charge in [0.05, 0.1) is 5.52 Å². The number of hydrogen-bond donors (Lipinski definition) is 1. The Morgan fingerprint density at radius 1 is 1.15 bits per heavy atom. The monoisotopic (exact) mass is 345 g/mol. The van der Waals surface area contributed by atoms with Crippen molar-refractivity contribution < 1.29 is 9.59 Å². The Kier molecular flexibility index (Phi) is 4.13. The summed E-state index contributed by atoms with van der Waals surface area (Å²) in [5.41, 5.74) is 3.41. The van der Waals surface area contributed by atoms with E-state index in [0.29, 0.717) is 13.0 Å². The molecule has 5 nitrogen and oxygen atoms in total. The number of carbonyl (C=O) groups excluding carboxylic acids is 2. The van der Waals surface area contributed by atoms with E-state index in [4.69, 9.17) is 0 Å². The van der Waals surface area contributed by atoms with E-state index in [0.717, 1.165) is 27.7 Å². The quantitative estimate of drug-likeness (QED) is 0.737. The minimum atomic E-state index is -0.638. The van der Waals surface area contributed by atoms with Gasteiger partial charge in [0.15, 0.2) is 0 Å². The molecule has 1 aliphatic rings. The number of nitrogens with zero attached hydrogens (tertiary/aromatic N) is 2. The number of anilines is 1. The molecule has 26 heavy (non-hydrogen) atoms. The molecule has 2 amide bonds. The summed E-state index contributed by atoms with van der Waals surface area (Å²) in [5, 5.41) is 3.93. The minimum absolute atomic E-state index is 0.00113. The summed E-state index contributed by atoms with van der Waals surface area (Å²) in [6.45, 7) is 2.54. The number of aromatic nitrogens is 1. The van der Waals surface area contributed by atoms with Gasteiger partial charge in [-0.3, -0.25) is 14.6 Å². The summed E-state index contributed by atoms with van der Waals surface area (Å²) < 4.78 is 0. The van der Waals surface area contributed by atoms with Crippen LogP contribution in [0.5, 0.6) is 0 Å². The zero-order valence-electron chi connectivity index (χ0n) is 14.5. The Hall–Kier alpha value is -3.21. The summed E-state index contributed by atoms with van der Waals surface area (Å²) in [5.74, 6) is -0.197. The number of aryl methyl sites for hydroxylation is 1. The van der Waals surface area contributed by atoms with Crippen molar-refractivity contribution in [3.05, 3.63) is 71.9 Å². The summed E-state index contributed by atoms with van der Waals surface area (Å²) in [6.07, 6.45) is 2.23. The van der Waals surface area contributed by atoms with Gasteiger partial charge in [-0.05, 0) is 42.3 Å². The first-order valence-corrected chi connectivity index (χ1v) is 8.64. The molecule has 4 rings (SSSR count). The Morgan fingerprint density at radius 2 is 2.00 bits per heavy atom. The molecular formula is C21H19N3O2. The first kappa shape index (κ1) is 16.3. The number of fused-ring (bicyclic) bond motifs is 1. The topological polar surface area (TPSA) is 62.3 Å². The number of carbonyl (C=O) groups is 2. The van der Waals surface area contributed by atoms with Crippen LogP contribution in [0.1, 0.15) is 23.6 Å². The zero-order chi connectivity index (χ0) is 18.1. The molecule has 3 aromatic rings. The van der Waals surface area contributed by atoms with Crippen molar-refractivity contribution in [1.29, 1.82) is 0 Å². The molecule has 1 saturated heterocycles. The van der Waals surface area contributed by atoms with Gasteiger partial charge in [0.2, 0.25) is 5.91 Å². The molecule has 1 N–H and O–H groups in total. The van der Waals surface area contributed by atoms with Gasteiger partial charge in [0, 0.05) is 30.2 Å². The van der Waals surface area contributed by atoms with E-state index in [9.17, 15) is 9.59 Å². The van der Waals surface area contributed by atoms with Crippen LogP contribution in [0.3, 0.4) is 0 Å². The number of rotatable bonds is 4. The second-order valence-electron chi connectivity index (χ2n) is 6.50. The molecule has 1 aromatic heterocycles. The summed E-state index contributed by atoms with van der Waals surface area (Å²) >= 11 is 0. The second kappa shape index (κ2) is 6.59. The van der Waals surface area contributed by atoms with Crippen LogP contribution >= 0.6 is 0 Å². The molecule has 0 bridgehead atoms. The third kappa shape index (κ3) is 2.92. The molecule has 0 radical (unpaired) electrons. The van der Waals surface area contributed by atoms with E-state index in [1.807, 2.05) is 61.5 Å². The number of β-lactam (4-membered cyclic amide) rings is 1. The average Bonchev–Trinajstić information content (AvgIpc) is 2.66. The predicted octanol–water partition coefficient (Wildman–Crippen LogP) is 3.46. The Bertz CT molecular complexity index is 999. The van der Waals surface area contributed by atoms with Crippen LogP contribution in [-0.4, -0.2) is 28.2 Å². The second-order valence-corrected chi connectivity index (χ2v) is 6.50. The van der Waals surface area contributed by atoms with Crippen molar-refractivity contribution in [1.82, 2.24) is 9.88 Å². The SMILES string of the molecule is Cc1ccccc1NC(=O)C(c1ccc2ncccc2c1)N1CCC1=O. The van der Waals surface area contributed by atoms with Gasteiger partial charge in [-0.25, -0.2) is 0 Å². The molecule has 1 atom stereocenters. The maximum atomic E-state index is 13.1. The molecule has 0 spiro atoms. The van der Waals surface area contributed by atoms with Gasteiger partial charge in [-0.15, -0.1) is 0 Å². The van der Waals surface area contributed by atoms with E-state index < -0.39 is 6.04 Å². The number of likely N-dealkylation sites (tertiary alicyclic amines) is 1. The number of hydrogen-bond acceptors (Lipinski definition) is 3. The van der Waals surface area contributed by atoms with Gasteiger partial charge < -0.3 is 10.2 Å². The van der Waals surface area contributed by atoms with Gasteiger partial charge >= 0.3 is 0 Å². The molecule has 2 aromatic carbocycles. The largest absolute Gasteiger partial charge is 0.326 e. The van der Waals surface area contributed by atoms with E-state index in [2.05, 4.69) is 10.3 Å². The summed E-state index contributed by atoms with van der Waals surface area (Å²) in [7, 11) is 0. The molecule has 1 aliphatic heterocycles. The third-order valence-corrected chi connectivity index (χ3v) is 4.79. The summed E-state index contributed by atoms with van der Waals surface area (Å²) in [6, 6.07) is 16.5. The minimum Gasteiger partial charge on any atom is -0.326 e. The predicted molar refractivity (Wildman–Crippen MR) is 101 cm³/mol. The number of benzene rings is 2. The van der Waals surface area contributed by atoms with Crippen LogP contribution in [0, 0.1) is 6.92 Å². The van der Waals surface area contributed by atoms with E-state index in [-0.39, 0.29) is 11.8 Å². The molecule has 2 heterocycles.